The molecule has 0 aliphatic heterocycles. The van der Waals surface area contributed by atoms with Gasteiger partial charge in [-0.1, -0.05) is 18.2 Å². The minimum atomic E-state index is -0.364. The highest BCUT2D eigenvalue weighted by Crippen LogP contribution is 2.24. The van der Waals surface area contributed by atoms with Crippen LogP contribution in [0.4, 0.5) is 11.8 Å². The zero-order chi connectivity index (χ0) is 20.2. The van der Waals surface area contributed by atoms with Gasteiger partial charge in [-0.05, 0) is 31.7 Å². The molecule has 0 saturated heterocycles. The lowest BCUT2D eigenvalue weighted by Gasteiger charge is -2.26. The number of hydrogen-bond acceptors (Lipinski definition) is 9. The molecule has 1 aliphatic carbocycles. The number of para-hydroxylation sites is 1. The van der Waals surface area contributed by atoms with Crippen molar-refractivity contribution in [3.63, 3.8) is 0 Å². The zero-order valence-corrected chi connectivity index (χ0v) is 16.2. The number of nitrogens with one attached hydrogen (secondary N) is 3. The number of H-pyrrole nitrogens is 1. The Labute approximate surface area is 167 Å². The standard InChI is InChI=1S/C19H24N8O2/c1-11(28)29-15-5-3-2-4-12(15)10-21-17-16-18(26-27-25-16)24-19(23-17)22-14-8-6-13(20)7-9-14/h2-5,13-14H,6-10,20H2,1H3,(H3,21,22,23,24,25,26,27). The molecule has 152 valence electrons. The van der Waals surface area contributed by atoms with E-state index in [4.69, 9.17) is 10.5 Å². The highest BCUT2D eigenvalue weighted by Gasteiger charge is 2.20. The van der Waals surface area contributed by atoms with Crippen LogP contribution in [0.3, 0.4) is 0 Å². The van der Waals surface area contributed by atoms with Crippen LogP contribution in [0, 0.1) is 0 Å². The third-order valence-corrected chi connectivity index (χ3v) is 4.96. The third kappa shape index (κ3) is 4.60. The first kappa shape index (κ1) is 19.1. The Bertz CT molecular complexity index is 997. The van der Waals surface area contributed by atoms with Crippen LogP contribution in [0.2, 0.25) is 0 Å². The van der Waals surface area contributed by atoms with Crippen LogP contribution >= 0.6 is 0 Å². The van der Waals surface area contributed by atoms with Crippen LogP contribution in [-0.2, 0) is 11.3 Å². The van der Waals surface area contributed by atoms with Crippen molar-refractivity contribution in [1.29, 1.82) is 0 Å². The number of benzene rings is 1. The van der Waals surface area contributed by atoms with E-state index in [0.717, 1.165) is 31.2 Å². The van der Waals surface area contributed by atoms with Gasteiger partial charge in [0.25, 0.3) is 0 Å². The number of nitrogens with two attached hydrogens (primary N) is 1. The molecular weight excluding hydrogens is 372 g/mol. The molecule has 3 aromatic rings. The topological polar surface area (TPSA) is 144 Å². The van der Waals surface area contributed by atoms with Crippen molar-refractivity contribution >= 4 is 28.9 Å². The van der Waals surface area contributed by atoms with Crippen LogP contribution in [0.15, 0.2) is 24.3 Å². The molecule has 2 aromatic heterocycles. The van der Waals surface area contributed by atoms with E-state index in [9.17, 15) is 4.79 Å². The van der Waals surface area contributed by atoms with Gasteiger partial charge in [0.2, 0.25) is 11.6 Å². The van der Waals surface area contributed by atoms with Gasteiger partial charge in [-0.25, -0.2) is 0 Å². The van der Waals surface area contributed by atoms with E-state index in [1.54, 1.807) is 6.07 Å². The van der Waals surface area contributed by atoms with Gasteiger partial charge in [0.1, 0.15) is 5.75 Å². The van der Waals surface area contributed by atoms with Gasteiger partial charge in [0.15, 0.2) is 11.3 Å². The molecule has 0 bridgehead atoms. The molecule has 1 aromatic carbocycles. The lowest BCUT2D eigenvalue weighted by atomic mass is 9.92. The van der Waals surface area contributed by atoms with Crippen molar-refractivity contribution in [3.05, 3.63) is 29.8 Å². The van der Waals surface area contributed by atoms with Crippen molar-refractivity contribution in [2.45, 2.75) is 51.2 Å². The Kier molecular flexibility index (Phi) is 5.52. The summed E-state index contributed by atoms with van der Waals surface area (Å²) in [6.07, 6.45) is 3.95. The maximum absolute atomic E-state index is 11.3. The van der Waals surface area contributed by atoms with Crippen molar-refractivity contribution in [2.24, 2.45) is 5.73 Å². The average Bonchev–Trinajstić information content (AvgIpc) is 3.17. The largest absolute Gasteiger partial charge is 0.426 e. The summed E-state index contributed by atoms with van der Waals surface area (Å²) in [5.41, 5.74) is 7.84. The van der Waals surface area contributed by atoms with Crippen molar-refractivity contribution in [1.82, 2.24) is 25.4 Å². The minimum Gasteiger partial charge on any atom is -0.426 e. The van der Waals surface area contributed by atoms with Crippen molar-refractivity contribution in [3.8, 4) is 5.75 Å². The normalized spacial score (nSPS) is 19.1. The lowest BCUT2D eigenvalue weighted by molar-refractivity contribution is -0.131. The van der Waals surface area contributed by atoms with Gasteiger partial charge in [-0.2, -0.15) is 20.3 Å². The smallest absolute Gasteiger partial charge is 0.308 e. The summed E-state index contributed by atoms with van der Waals surface area (Å²) in [6.45, 7) is 1.78. The van der Waals surface area contributed by atoms with E-state index in [1.165, 1.54) is 6.92 Å². The molecule has 4 rings (SSSR count). The zero-order valence-electron chi connectivity index (χ0n) is 16.2. The second-order valence-electron chi connectivity index (χ2n) is 7.20. The van der Waals surface area contributed by atoms with Crippen LogP contribution in [-0.4, -0.2) is 43.4 Å². The lowest BCUT2D eigenvalue weighted by Crippen LogP contribution is -2.33. The molecule has 29 heavy (non-hydrogen) atoms. The average molecular weight is 396 g/mol. The summed E-state index contributed by atoms with van der Waals surface area (Å²) in [4.78, 5) is 20.4. The molecule has 0 atom stereocenters. The predicted octanol–water partition coefficient (Wildman–Crippen LogP) is 1.97. The molecule has 1 saturated carbocycles. The molecule has 0 radical (unpaired) electrons. The fourth-order valence-electron chi connectivity index (χ4n) is 3.46. The summed E-state index contributed by atoms with van der Waals surface area (Å²) in [7, 11) is 0. The van der Waals surface area contributed by atoms with Crippen molar-refractivity contribution in [2.75, 3.05) is 10.6 Å². The second-order valence-corrected chi connectivity index (χ2v) is 7.20. The number of ether oxygens (including phenoxy) is 1. The van der Waals surface area contributed by atoms with Gasteiger partial charge >= 0.3 is 5.97 Å². The number of anilines is 2. The number of fused-ring (bicyclic) bond motifs is 1. The Hall–Kier alpha value is -3.27. The number of rotatable bonds is 6. The molecular formula is C19H24N8O2. The number of esters is 1. The Morgan fingerprint density at radius 1 is 1.21 bits per heavy atom. The monoisotopic (exact) mass is 396 g/mol. The first-order valence-corrected chi connectivity index (χ1v) is 9.69. The van der Waals surface area contributed by atoms with E-state index < -0.39 is 0 Å². The maximum atomic E-state index is 11.3. The highest BCUT2D eigenvalue weighted by atomic mass is 16.5. The SMILES string of the molecule is CC(=O)Oc1ccccc1CNc1nc(NC2CCC(N)CC2)nc2n[nH]nc12. The molecule has 10 nitrogen and oxygen atoms in total. The number of nitrogens with zero attached hydrogens (tertiary/aromatic N) is 4. The summed E-state index contributed by atoms with van der Waals surface area (Å²) in [5.74, 6) is 1.20. The maximum Gasteiger partial charge on any atom is 0.308 e. The highest BCUT2D eigenvalue weighted by molar-refractivity contribution is 5.83. The Morgan fingerprint density at radius 2 is 2.00 bits per heavy atom. The van der Waals surface area contributed by atoms with E-state index in [-0.39, 0.29) is 18.1 Å². The molecule has 0 amide bonds. The summed E-state index contributed by atoms with van der Waals surface area (Å²) in [5, 5.41) is 17.5. The second kappa shape index (κ2) is 8.39. The van der Waals surface area contributed by atoms with Gasteiger partial charge in [0.05, 0.1) is 0 Å². The fourth-order valence-corrected chi connectivity index (χ4v) is 3.46. The van der Waals surface area contributed by atoms with Crippen LogP contribution in [0.1, 0.15) is 38.2 Å². The summed E-state index contributed by atoms with van der Waals surface area (Å²) in [6, 6.07) is 7.91. The first-order chi connectivity index (χ1) is 14.1. The fraction of sp³-hybridized carbons (Fsp3) is 0.421. The number of carbonyl (C=O) groups excluding carboxylic acids is 1. The molecule has 0 unspecified atom stereocenters. The van der Waals surface area contributed by atoms with Crippen molar-refractivity contribution < 1.29 is 9.53 Å². The molecule has 1 fully saturated rings. The Morgan fingerprint density at radius 3 is 2.79 bits per heavy atom. The summed E-state index contributed by atoms with van der Waals surface area (Å²) >= 11 is 0. The number of carbonyl (C=O) groups is 1. The van der Waals surface area contributed by atoms with E-state index in [1.807, 2.05) is 18.2 Å². The van der Waals surface area contributed by atoms with E-state index >= 15 is 0 Å². The Balaban J connectivity index is 1.53. The van der Waals surface area contributed by atoms with Gasteiger partial charge in [-0.15, -0.1) is 5.10 Å². The predicted molar refractivity (Wildman–Crippen MR) is 108 cm³/mol. The molecule has 2 heterocycles. The minimum absolute atomic E-state index is 0.279. The van der Waals surface area contributed by atoms with Gasteiger partial charge in [0, 0.05) is 31.1 Å². The van der Waals surface area contributed by atoms with Crippen LogP contribution in [0.25, 0.3) is 11.2 Å². The van der Waals surface area contributed by atoms with Gasteiger partial charge < -0.3 is 21.1 Å². The molecule has 1 aliphatic rings. The number of aromatic amines is 1. The van der Waals surface area contributed by atoms with E-state index in [2.05, 4.69) is 36.0 Å². The molecule has 10 heteroatoms. The number of aromatic nitrogens is 5. The van der Waals surface area contributed by atoms with E-state index in [0.29, 0.717) is 35.2 Å². The van der Waals surface area contributed by atoms with Crippen LogP contribution in [0.5, 0.6) is 5.75 Å². The molecule has 5 N–H and O–H groups in total. The number of hydrogen-bond donors (Lipinski definition) is 4. The molecule has 0 spiro atoms. The van der Waals surface area contributed by atoms with Crippen LogP contribution < -0.4 is 21.1 Å². The van der Waals surface area contributed by atoms with Gasteiger partial charge in [-0.3, -0.25) is 4.79 Å². The first-order valence-electron chi connectivity index (χ1n) is 9.69. The third-order valence-electron chi connectivity index (χ3n) is 4.96. The quantitative estimate of drug-likeness (QED) is 0.363. The summed E-state index contributed by atoms with van der Waals surface area (Å²) < 4.78 is 5.27.